The Morgan fingerprint density at radius 2 is 2.00 bits per heavy atom. The van der Waals surface area contributed by atoms with Crippen LogP contribution in [-0.4, -0.2) is 23.2 Å². The summed E-state index contributed by atoms with van der Waals surface area (Å²) < 4.78 is 27.6. The number of halogens is 2. The smallest absolute Gasteiger partial charge is 0.338 e. The van der Waals surface area contributed by atoms with Crippen molar-refractivity contribution in [2.75, 3.05) is 11.4 Å². The first-order valence-electron chi connectivity index (χ1n) is 5.83. The normalized spacial score (nSPS) is 18.1. The Bertz CT molecular complexity index is 500. The van der Waals surface area contributed by atoms with Crippen molar-refractivity contribution in [3.63, 3.8) is 0 Å². The van der Waals surface area contributed by atoms with Gasteiger partial charge in [-0.1, -0.05) is 0 Å². The van der Waals surface area contributed by atoms with E-state index in [-0.39, 0.29) is 11.2 Å². The van der Waals surface area contributed by atoms with Gasteiger partial charge < -0.3 is 10.0 Å². The standard InChI is InChI=1S/C13H15F2NO2/c1-13(2)6-3-7-16(13)9-5-4-8(12(17)18)10(14)11(9)15/h4-5H,3,6-7H2,1-2H3,(H,17,18). The molecule has 0 aliphatic carbocycles. The van der Waals surface area contributed by atoms with Crippen LogP contribution in [0.25, 0.3) is 0 Å². The highest BCUT2D eigenvalue weighted by Gasteiger charge is 2.34. The van der Waals surface area contributed by atoms with Crippen molar-refractivity contribution in [2.45, 2.75) is 32.2 Å². The highest BCUT2D eigenvalue weighted by molar-refractivity contribution is 5.88. The van der Waals surface area contributed by atoms with E-state index in [1.54, 1.807) is 4.90 Å². The van der Waals surface area contributed by atoms with Crippen molar-refractivity contribution in [1.29, 1.82) is 0 Å². The fraction of sp³-hybridized carbons (Fsp3) is 0.462. The number of hydrogen-bond donors (Lipinski definition) is 1. The highest BCUT2D eigenvalue weighted by atomic mass is 19.2. The number of carboxylic acid groups (broad SMARTS) is 1. The lowest BCUT2D eigenvalue weighted by molar-refractivity contribution is 0.0690. The van der Waals surface area contributed by atoms with E-state index in [4.69, 9.17) is 5.11 Å². The predicted molar refractivity (Wildman–Crippen MR) is 64.0 cm³/mol. The maximum absolute atomic E-state index is 13.9. The van der Waals surface area contributed by atoms with Crippen LogP contribution in [0.5, 0.6) is 0 Å². The molecule has 0 radical (unpaired) electrons. The zero-order chi connectivity index (χ0) is 13.5. The quantitative estimate of drug-likeness (QED) is 0.883. The summed E-state index contributed by atoms with van der Waals surface area (Å²) in [4.78, 5) is 12.5. The zero-order valence-corrected chi connectivity index (χ0v) is 10.3. The van der Waals surface area contributed by atoms with Gasteiger partial charge in [-0.3, -0.25) is 0 Å². The summed E-state index contributed by atoms with van der Waals surface area (Å²) in [6.07, 6.45) is 1.81. The maximum atomic E-state index is 13.9. The van der Waals surface area contributed by atoms with Gasteiger partial charge >= 0.3 is 5.97 Å². The fourth-order valence-corrected chi connectivity index (χ4v) is 2.47. The minimum atomic E-state index is -1.46. The van der Waals surface area contributed by atoms with E-state index >= 15 is 0 Å². The number of aromatic carboxylic acids is 1. The Labute approximate surface area is 104 Å². The van der Waals surface area contributed by atoms with Gasteiger partial charge in [0.25, 0.3) is 0 Å². The SMILES string of the molecule is CC1(C)CCCN1c1ccc(C(=O)O)c(F)c1F. The van der Waals surface area contributed by atoms with E-state index in [1.807, 2.05) is 13.8 Å². The molecule has 3 nitrogen and oxygen atoms in total. The minimum absolute atomic E-state index is 0.139. The summed E-state index contributed by atoms with van der Waals surface area (Å²) in [7, 11) is 0. The van der Waals surface area contributed by atoms with Gasteiger partial charge in [0.1, 0.15) is 0 Å². The molecule has 0 aromatic heterocycles. The van der Waals surface area contributed by atoms with Crippen LogP contribution in [0, 0.1) is 11.6 Å². The average molecular weight is 255 g/mol. The van der Waals surface area contributed by atoms with Crippen LogP contribution in [0.4, 0.5) is 14.5 Å². The van der Waals surface area contributed by atoms with Crippen LogP contribution in [0.1, 0.15) is 37.0 Å². The molecule has 1 aromatic carbocycles. The van der Waals surface area contributed by atoms with E-state index < -0.39 is 23.2 Å². The number of carboxylic acids is 1. The predicted octanol–water partition coefficient (Wildman–Crippen LogP) is 3.04. The van der Waals surface area contributed by atoms with Crippen molar-refractivity contribution in [3.05, 3.63) is 29.3 Å². The number of nitrogens with zero attached hydrogens (tertiary/aromatic N) is 1. The van der Waals surface area contributed by atoms with Gasteiger partial charge in [-0.05, 0) is 38.8 Å². The largest absolute Gasteiger partial charge is 0.478 e. The second-order valence-electron chi connectivity index (χ2n) is 5.13. The van der Waals surface area contributed by atoms with Crippen molar-refractivity contribution >= 4 is 11.7 Å². The maximum Gasteiger partial charge on any atom is 0.338 e. The van der Waals surface area contributed by atoms with Gasteiger partial charge in [-0.2, -0.15) is 0 Å². The third-order valence-corrected chi connectivity index (χ3v) is 3.48. The summed E-state index contributed by atoms with van der Waals surface area (Å²) >= 11 is 0. The molecule has 2 rings (SSSR count). The first kappa shape index (κ1) is 12.8. The van der Waals surface area contributed by atoms with Crippen LogP contribution in [0.2, 0.25) is 0 Å². The van der Waals surface area contributed by atoms with Gasteiger partial charge in [0.2, 0.25) is 0 Å². The molecule has 5 heteroatoms. The molecule has 0 bridgehead atoms. The Balaban J connectivity index is 2.48. The molecule has 1 aliphatic heterocycles. The molecule has 0 saturated carbocycles. The first-order chi connectivity index (χ1) is 8.34. The van der Waals surface area contributed by atoms with Gasteiger partial charge in [0, 0.05) is 12.1 Å². The molecular weight excluding hydrogens is 240 g/mol. The Morgan fingerprint density at radius 3 is 2.50 bits per heavy atom. The van der Waals surface area contributed by atoms with Gasteiger partial charge in [-0.25, -0.2) is 13.6 Å². The van der Waals surface area contributed by atoms with Crippen molar-refractivity contribution in [2.24, 2.45) is 0 Å². The van der Waals surface area contributed by atoms with E-state index in [0.29, 0.717) is 6.54 Å². The monoisotopic (exact) mass is 255 g/mol. The Kier molecular flexibility index (Phi) is 3.00. The van der Waals surface area contributed by atoms with E-state index in [0.717, 1.165) is 18.9 Å². The van der Waals surface area contributed by atoms with Gasteiger partial charge in [0.05, 0.1) is 11.3 Å². The molecule has 1 heterocycles. The van der Waals surface area contributed by atoms with Gasteiger partial charge in [0.15, 0.2) is 11.6 Å². The van der Waals surface area contributed by atoms with E-state index in [1.165, 1.54) is 6.07 Å². The average Bonchev–Trinajstić information content (AvgIpc) is 2.61. The van der Waals surface area contributed by atoms with Crippen molar-refractivity contribution in [1.82, 2.24) is 0 Å². The number of rotatable bonds is 2. The molecule has 0 unspecified atom stereocenters. The minimum Gasteiger partial charge on any atom is -0.478 e. The molecule has 0 spiro atoms. The molecule has 1 aromatic rings. The highest BCUT2D eigenvalue weighted by Crippen LogP contribution is 2.36. The van der Waals surface area contributed by atoms with Crippen LogP contribution in [0.3, 0.4) is 0 Å². The van der Waals surface area contributed by atoms with E-state index in [9.17, 15) is 13.6 Å². The number of carbonyl (C=O) groups is 1. The molecule has 1 N–H and O–H groups in total. The van der Waals surface area contributed by atoms with Crippen LogP contribution < -0.4 is 4.90 Å². The zero-order valence-electron chi connectivity index (χ0n) is 10.3. The lowest BCUT2D eigenvalue weighted by atomic mass is 10.0. The molecule has 0 amide bonds. The third-order valence-electron chi connectivity index (χ3n) is 3.48. The fourth-order valence-electron chi connectivity index (χ4n) is 2.47. The van der Waals surface area contributed by atoms with Crippen LogP contribution in [0.15, 0.2) is 12.1 Å². The number of hydrogen-bond acceptors (Lipinski definition) is 2. The van der Waals surface area contributed by atoms with Crippen molar-refractivity contribution in [3.8, 4) is 0 Å². The molecule has 1 aliphatic rings. The van der Waals surface area contributed by atoms with Gasteiger partial charge in [-0.15, -0.1) is 0 Å². The summed E-state index contributed by atoms with van der Waals surface area (Å²) in [5, 5.41) is 8.73. The third kappa shape index (κ3) is 1.94. The second kappa shape index (κ2) is 4.23. The lowest BCUT2D eigenvalue weighted by Crippen LogP contribution is -2.38. The summed E-state index contributed by atoms with van der Waals surface area (Å²) in [6, 6.07) is 2.46. The Hall–Kier alpha value is -1.65. The molecule has 98 valence electrons. The topological polar surface area (TPSA) is 40.5 Å². The molecule has 1 saturated heterocycles. The summed E-state index contributed by atoms with van der Waals surface area (Å²) in [5.41, 5.74) is -0.730. The molecule has 1 fully saturated rings. The summed E-state index contributed by atoms with van der Waals surface area (Å²) in [5.74, 6) is -3.83. The Morgan fingerprint density at radius 1 is 1.33 bits per heavy atom. The van der Waals surface area contributed by atoms with Crippen molar-refractivity contribution < 1.29 is 18.7 Å². The van der Waals surface area contributed by atoms with E-state index in [2.05, 4.69) is 0 Å². The van der Waals surface area contributed by atoms with Crippen LogP contribution in [-0.2, 0) is 0 Å². The molecule has 0 atom stereocenters. The van der Waals surface area contributed by atoms with Crippen LogP contribution >= 0.6 is 0 Å². The second-order valence-corrected chi connectivity index (χ2v) is 5.13. The summed E-state index contributed by atoms with van der Waals surface area (Å²) in [6.45, 7) is 4.57. The lowest BCUT2D eigenvalue weighted by Gasteiger charge is -2.34. The molecule has 18 heavy (non-hydrogen) atoms. The number of anilines is 1. The first-order valence-corrected chi connectivity index (χ1v) is 5.83. The number of benzene rings is 1. The molecular formula is C13H15F2NO2.